The largest absolute Gasteiger partial charge is 0.487 e. The van der Waals surface area contributed by atoms with E-state index in [1.54, 1.807) is 12.1 Å². The maximum absolute atomic E-state index is 5.55. The number of benzene rings is 1. The van der Waals surface area contributed by atoms with Crippen molar-refractivity contribution < 1.29 is 9.26 Å². The van der Waals surface area contributed by atoms with Gasteiger partial charge in [0, 0.05) is 11.8 Å². The molecule has 1 aromatic carbocycles. The molecule has 1 aromatic heterocycles. The van der Waals surface area contributed by atoms with Gasteiger partial charge in [-0.2, -0.15) is 0 Å². The number of ether oxygens (including phenoxy) is 1. The van der Waals surface area contributed by atoms with Crippen LogP contribution in [0.15, 0.2) is 34.9 Å². The van der Waals surface area contributed by atoms with Gasteiger partial charge in [-0.25, -0.2) is 0 Å². The topological polar surface area (TPSA) is 61.3 Å². The number of aryl methyl sites for hydroxylation is 1. The van der Waals surface area contributed by atoms with E-state index in [2.05, 4.69) is 5.16 Å². The quantitative estimate of drug-likeness (QED) is 0.778. The van der Waals surface area contributed by atoms with Gasteiger partial charge in [-0.3, -0.25) is 0 Å². The van der Waals surface area contributed by atoms with Gasteiger partial charge in [0.1, 0.15) is 23.8 Å². The van der Waals surface area contributed by atoms with E-state index in [0.29, 0.717) is 6.61 Å². The molecule has 0 atom stereocenters. The lowest BCUT2D eigenvalue weighted by Gasteiger charge is -2.03. The lowest BCUT2D eigenvalue weighted by atomic mass is 10.3. The Labute approximate surface area is 87.6 Å². The summed E-state index contributed by atoms with van der Waals surface area (Å²) in [6.07, 6.45) is 0. The number of rotatable bonds is 3. The predicted molar refractivity (Wildman–Crippen MR) is 56.4 cm³/mol. The number of nitrogens with zero attached hydrogens (tertiary/aromatic N) is 1. The highest BCUT2D eigenvalue weighted by molar-refractivity contribution is 5.41. The Bertz CT molecular complexity index is 434. The van der Waals surface area contributed by atoms with Gasteiger partial charge in [-0.15, -0.1) is 0 Å². The van der Waals surface area contributed by atoms with E-state index >= 15 is 0 Å². The molecule has 0 amide bonds. The van der Waals surface area contributed by atoms with Crippen molar-refractivity contribution in [1.82, 2.24) is 5.16 Å². The van der Waals surface area contributed by atoms with Crippen molar-refractivity contribution in [2.75, 3.05) is 5.73 Å². The van der Waals surface area contributed by atoms with Crippen LogP contribution in [0.5, 0.6) is 5.75 Å². The number of hydrogen-bond donors (Lipinski definition) is 1. The van der Waals surface area contributed by atoms with Crippen LogP contribution in [0.4, 0.5) is 5.69 Å². The Balaban J connectivity index is 1.96. The highest BCUT2D eigenvalue weighted by atomic mass is 16.5. The number of nitrogens with two attached hydrogens (primary N) is 1. The summed E-state index contributed by atoms with van der Waals surface area (Å²) in [6.45, 7) is 2.25. The second-order valence-electron chi connectivity index (χ2n) is 3.29. The van der Waals surface area contributed by atoms with Crippen molar-refractivity contribution in [2.24, 2.45) is 0 Å². The molecule has 0 bridgehead atoms. The van der Waals surface area contributed by atoms with E-state index < -0.39 is 0 Å². The fourth-order valence-corrected chi connectivity index (χ4v) is 1.21. The van der Waals surface area contributed by atoms with Crippen molar-refractivity contribution in [3.8, 4) is 5.75 Å². The number of nitrogen functional groups attached to an aromatic ring is 1. The van der Waals surface area contributed by atoms with Crippen LogP contribution in [-0.2, 0) is 6.61 Å². The molecule has 0 aliphatic carbocycles. The zero-order chi connectivity index (χ0) is 10.7. The fourth-order valence-electron chi connectivity index (χ4n) is 1.21. The highest BCUT2D eigenvalue weighted by Gasteiger charge is 2.00. The van der Waals surface area contributed by atoms with Gasteiger partial charge in [-0.1, -0.05) is 5.16 Å². The van der Waals surface area contributed by atoms with Crippen LogP contribution in [0.3, 0.4) is 0 Å². The number of aromatic nitrogens is 1. The van der Waals surface area contributed by atoms with Crippen molar-refractivity contribution in [3.63, 3.8) is 0 Å². The third-order valence-corrected chi connectivity index (χ3v) is 1.94. The summed E-state index contributed by atoms with van der Waals surface area (Å²) in [5.41, 5.74) is 7.06. The summed E-state index contributed by atoms with van der Waals surface area (Å²) < 4.78 is 10.4. The molecule has 0 aliphatic rings. The van der Waals surface area contributed by atoms with Crippen LogP contribution in [0.25, 0.3) is 0 Å². The first-order chi connectivity index (χ1) is 7.24. The Morgan fingerprint density at radius 2 is 2.07 bits per heavy atom. The molecule has 0 aliphatic heterocycles. The van der Waals surface area contributed by atoms with Crippen molar-refractivity contribution in [3.05, 3.63) is 41.8 Å². The zero-order valence-electron chi connectivity index (χ0n) is 8.43. The minimum absolute atomic E-state index is 0.404. The molecule has 0 saturated carbocycles. The molecule has 2 aromatic rings. The van der Waals surface area contributed by atoms with Crippen LogP contribution >= 0.6 is 0 Å². The third-order valence-electron chi connectivity index (χ3n) is 1.94. The summed E-state index contributed by atoms with van der Waals surface area (Å²) in [5.74, 6) is 1.55. The summed E-state index contributed by atoms with van der Waals surface area (Å²) in [6, 6.07) is 9.08. The second-order valence-corrected chi connectivity index (χ2v) is 3.29. The molecular weight excluding hydrogens is 192 g/mol. The van der Waals surface area contributed by atoms with Crippen molar-refractivity contribution >= 4 is 5.69 Å². The Hall–Kier alpha value is -1.97. The van der Waals surface area contributed by atoms with Gasteiger partial charge >= 0.3 is 0 Å². The monoisotopic (exact) mass is 204 g/mol. The van der Waals surface area contributed by atoms with Gasteiger partial charge in [0.15, 0.2) is 0 Å². The van der Waals surface area contributed by atoms with Crippen LogP contribution in [0.2, 0.25) is 0 Å². The minimum Gasteiger partial charge on any atom is -0.487 e. The van der Waals surface area contributed by atoms with Crippen LogP contribution < -0.4 is 10.5 Å². The average molecular weight is 204 g/mol. The maximum atomic E-state index is 5.55. The molecule has 0 unspecified atom stereocenters. The van der Waals surface area contributed by atoms with Crippen LogP contribution in [0, 0.1) is 6.92 Å². The van der Waals surface area contributed by atoms with E-state index in [1.165, 1.54) is 0 Å². The zero-order valence-corrected chi connectivity index (χ0v) is 8.43. The normalized spacial score (nSPS) is 10.2. The molecule has 2 rings (SSSR count). The van der Waals surface area contributed by atoms with E-state index in [-0.39, 0.29) is 0 Å². The highest BCUT2D eigenvalue weighted by Crippen LogP contribution is 2.14. The summed E-state index contributed by atoms with van der Waals surface area (Å²) in [5, 5.41) is 3.82. The van der Waals surface area contributed by atoms with Crippen LogP contribution in [0.1, 0.15) is 11.5 Å². The molecule has 0 radical (unpaired) electrons. The minimum atomic E-state index is 0.404. The summed E-state index contributed by atoms with van der Waals surface area (Å²) >= 11 is 0. The lowest BCUT2D eigenvalue weighted by molar-refractivity contribution is 0.288. The molecule has 0 saturated heterocycles. The molecular formula is C11H12N2O2. The van der Waals surface area contributed by atoms with Gasteiger partial charge < -0.3 is 15.0 Å². The number of anilines is 1. The van der Waals surface area contributed by atoms with Gasteiger partial charge in [0.25, 0.3) is 0 Å². The molecule has 15 heavy (non-hydrogen) atoms. The van der Waals surface area contributed by atoms with Gasteiger partial charge in [-0.05, 0) is 31.2 Å². The molecule has 4 heteroatoms. The summed E-state index contributed by atoms with van der Waals surface area (Å²) in [4.78, 5) is 0. The van der Waals surface area contributed by atoms with Crippen molar-refractivity contribution in [2.45, 2.75) is 13.5 Å². The van der Waals surface area contributed by atoms with E-state index in [0.717, 1.165) is 22.9 Å². The first kappa shape index (κ1) is 9.58. The molecule has 4 nitrogen and oxygen atoms in total. The number of hydrogen-bond acceptors (Lipinski definition) is 4. The first-order valence-electron chi connectivity index (χ1n) is 4.64. The van der Waals surface area contributed by atoms with E-state index in [1.807, 2.05) is 25.1 Å². The van der Waals surface area contributed by atoms with Crippen molar-refractivity contribution in [1.29, 1.82) is 0 Å². The predicted octanol–water partition coefficient (Wildman–Crippen LogP) is 2.14. The summed E-state index contributed by atoms with van der Waals surface area (Å²) in [7, 11) is 0. The van der Waals surface area contributed by atoms with Gasteiger partial charge in [0.05, 0.1) is 0 Å². The molecule has 78 valence electrons. The van der Waals surface area contributed by atoms with Gasteiger partial charge in [0.2, 0.25) is 0 Å². The maximum Gasteiger partial charge on any atom is 0.134 e. The van der Waals surface area contributed by atoms with E-state index in [9.17, 15) is 0 Å². The Morgan fingerprint density at radius 3 is 2.67 bits per heavy atom. The average Bonchev–Trinajstić information content (AvgIpc) is 2.64. The molecule has 2 N–H and O–H groups in total. The SMILES string of the molecule is Cc1cc(COc2ccc(N)cc2)no1. The lowest BCUT2D eigenvalue weighted by Crippen LogP contribution is -1.95. The first-order valence-corrected chi connectivity index (χ1v) is 4.64. The standard InChI is InChI=1S/C11H12N2O2/c1-8-6-10(13-15-8)7-14-11-4-2-9(12)3-5-11/h2-6H,7,12H2,1H3. The Morgan fingerprint density at radius 1 is 1.33 bits per heavy atom. The van der Waals surface area contributed by atoms with Crippen LogP contribution in [-0.4, -0.2) is 5.16 Å². The van der Waals surface area contributed by atoms with E-state index in [4.69, 9.17) is 15.0 Å². The fraction of sp³-hybridized carbons (Fsp3) is 0.182. The smallest absolute Gasteiger partial charge is 0.134 e. The molecule has 0 fully saturated rings. The second kappa shape index (κ2) is 4.04. The third kappa shape index (κ3) is 2.49. The Kier molecular flexibility index (Phi) is 2.58. The molecule has 0 spiro atoms. The molecule has 1 heterocycles.